The second-order valence-electron chi connectivity index (χ2n) is 15.2. The summed E-state index contributed by atoms with van der Waals surface area (Å²) < 4.78 is 2.59. The fourth-order valence-corrected chi connectivity index (χ4v) is 9.78. The van der Waals surface area contributed by atoms with Crippen molar-refractivity contribution >= 4 is 64.1 Å². The molecule has 0 atom stereocenters. The molecule has 12 rings (SSSR count). The number of fused-ring (bicyclic) bond motifs is 8. The third-order valence-electron chi connectivity index (χ3n) is 11.5. The quantitative estimate of drug-likeness (QED) is 0.157. The first-order valence-corrected chi connectivity index (χ1v) is 21.1. The predicted octanol–water partition coefficient (Wildman–Crippen LogP) is 14.5. The van der Waals surface area contributed by atoms with Crippen molar-refractivity contribution in [3.63, 3.8) is 0 Å². The van der Waals surface area contributed by atoms with Crippen LogP contribution in [-0.2, 0) is 0 Å². The van der Waals surface area contributed by atoms with E-state index in [9.17, 15) is 0 Å². The molecule has 5 nitrogen and oxygen atoms in total. The van der Waals surface area contributed by atoms with Crippen molar-refractivity contribution in [1.29, 1.82) is 0 Å². The summed E-state index contributed by atoms with van der Waals surface area (Å²) in [5.74, 6) is 1.85. The molecule has 0 amide bonds. The minimum Gasteiger partial charge on any atom is -0.248 e. The maximum atomic E-state index is 5.30. The molecule has 0 aliphatic carbocycles. The lowest BCUT2D eigenvalue weighted by Crippen LogP contribution is -2.00. The van der Waals surface area contributed by atoms with Crippen LogP contribution in [0, 0.1) is 0 Å². The Morgan fingerprint density at radius 1 is 0.295 bits per heavy atom. The van der Waals surface area contributed by atoms with E-state index in [4.69, 9.17) is 24.9 Å². The summed E-state index contributed by atoms with van der Waals surface area (Å²) in [6.07, 6.45) is 0. The third kappa shape index (κ3) is 6.12. The second-order valence-corrected chi connectivity index (χ2v) is 16.3. The Labute approximate surface area is 355 Å². The molecule has 0 aliphatic rings. The van der Waals surface area contributed by atoms with Gasteiger partial charge in [-0.1, -0.05) is 170 Å². The van der Waals surface area contributed by atoms with Gasteiger partial charge in [0.2, 0.25) is 0 Å². The molecular weight excluding hydrogens is 763 g/mol. The molecule has 284 valence electrons. The predicted molar refractivity (Wildman–Crippen MR) is 253 cm³/mol. The van der Waals surface area contributed by atoms with Gasteiger partial charge in [0.15, 0.2) is 17.5 Å². The van der Waals surface area contributed by atoms with Crippen molar-refractivity contribution in [2.24, 2.45) is 0 Å². The van der Waals surface area contributed by atoms with Crippen LogP contribution in [0.15, 0.2) is 200 Å². The zero-order valence-corrected chi connectivity index (χ0v) is 33.5. The van der Waals surface area contributed by atoms with Crippen LogP contribution in [-0.4, -0.2) is 24.9 Å². The summed E-state index contributed by atoms with van der Waals surface area (Å²) >= 11 is 1.84. The van der Waals surface area contributed by atoms with Crippen molar-refractivity contribution in [2.75, 3.05) is 0 Å². The summed E-state index contributed by atoms with van der Waals surface area (Å²) in [5, 5.41) is 6.99. The van der Waals surface area contributed by atoms with Crippen molar-refractivity contribution in [2.45, 2.75) is 0 Å². The Kier molecular flexibility index (Phi) is 8.28. The highest BCUT2D eigenvalue weighted by molar-refractivity contribution is 7.26. The van der Waals surface area contributed by atoms with Crippen molar-refractivity contribution in [1.82, 2.24) is 24.9 Å². The minimum absolute atomic E-state index is 0.606. The van der Waals surface area contributed by atoms with Crippen LogP contribution in [0.1, 0.15) is 0 Å². The van der Waals surface area contributed by atoms with E-state index in [1.807, 2.05) is 65.9 Å². The number of benzene rings is 8. The van der Waals surface area contributed by atoms with Gasteiger partial charge in [-0.3, -0.25) is 0 Å². The van der Waals surface area contributed by atoms with Gasteiger partial charge >= 0.3 is 0 Å². The van der Waals surface area contributed by atoms with Crippen LogP contribution >= 0.6 is 11.3 Å². The largest absolute Gasteiger partial charge is 0.248 e. The number of aromatic nitrogens is 5. The number of thiophene rings is 1. The van der Waals surface area contributed by atoms with E-state index >= 15 is 0 Å². The number of pyridine rings is 2. The number of nitrogens with zero attached hydrogens (tertiary/aromatic N) is 5. The zero-order chi connectivity index (χ0) is 40.3. The van der Waals surface area contributed by atoms with Gasteiger partial charge in [-0.05, 0) is 46.8 Å². The van der Waals surface area contributed by atoms with Crippen LogP contribution < -0.4 is 0 Å². The molecule has 0 saturated carbocycles. The number of para-hydroxylation sites is 1. The van der Waals surface area contributed by atoms with Crippen molar-refractivity contribution in [3.05, 3.63) is 200 Å². The number of hydrogen-bond acceptors (Lipinski definition) is 6. The van der Waals surface area contributed by atoms with Crippen LogP contribution in [0.4, 0.5) is 0 Å². The zero-order valence-electron chi connectivity index (χ0n) is 32.7. The lowest BCUT2D eigenvalue weighted by atomic mass is 9.95. The lowest BCUT2D eigenvalue weighted by molar-refractivity contribution is 1.07. The SMILES string of the molecule is c1ccc(-c2ccc3c(ccc4c5ccccc5nc(-c5ccc(-c6nc(-c7ccccc7)nc(-c7ccc(-c8cccc9c8sc8ccccc89)cc7)n6)cc5)c34)n2)cc1. The first-order valence-electron chi connectivity index (χ1n) is 20.3. The maximum Gasteiger partial charge on any atom is 0.164 e. The van der Waals surface area contributed by atoms with Crippen molar-refractivity contribution in [3.8, 4) is 67.8 Å². The van der Waals surface area contributed by atoms with Gasteiger partial charge in [0.05, 0.1) is 22.4 Å². The molecule has 4 aromatic heterocycles. The fraction of sp³-hybridized carbons (Fsp3) is 0. The highest BCUT2D eigenvalue weighted by Gasteiger charge is 2.17. The smallest absolute Gasteiger partial charge is 0.164 e. The van der Waals surface area contributed by atoms with E-state index in [0.29, 0.717) is 17.5 Å². The van der Waals surface area contributed by atoms with Gasteiger partial charge in [0.25, 0.3) is 0 Å². The number of rotatable bonds is 6. The summed E-state index contributed by atoms with van der Waals surface area (Å²) in [7, 11) is 0. The van der Waals surface area contributed by atoms with Crippen molar-refractivity contribution < 1.29 is 0 Å². The summed E-state index contributed by atoms with van der Waals surface area (Å²) in [5.41, 5.74) is 10.9. The summed E-state index contributed by atoms with van der Waals surface area (Å²) in [6.45, 7) is 0. The molecule has 0 N–H and O–H groups in total. The molecule has 0 bridgehead atoms. The molecule has 0 radical (unpaired) electrons. The third-order valence-corrected chi connectivity index (χ3v) is 12.8. The standard InChI is InChI=1S/C55H33N5S/c1-3-12-35(13-4-1)46-32-31-45-48(56-46)33-30-43-41-16-7-9-20-47(41)57-51(50(43)45)36-24-28-39(29-25-36)55-59-53(37-14-5-2-6-15-37)58-54(60-55)38-26-22-34(23-27-38)40-18-11-19-44-42-17-8-10-21-49(42)61-52(40)44/h1-33H. The molecule has 0 saturated heterocycles. The molecule has 0 fully saturated rings. The van der Waals surface area contributed by atoms with Crippen LogP contribution in [0.5, 0.6) is 0 Å². The first-order chi connectivity index (χ1) is 30.2. The minimum atomic E-state index is 0.606. The van der Waals surface area contributed by atoms with E-state index in [-0.39, 0.29) is 0 Å². The Bertz CT molecular complexity index is 3620. The molecule has 61 heavy (non-hydrogen) atoms. The molecule has 8 aromatic carbocycles. The summed E-state index contributed by atoms with van der Waals surface area (Å²) in [4.78, 5) is 25.6. The van der Waals surface area contributed by atoms with Crippen LogP contribution in [0.25, 0.3) is 121 Å². The van der Waals surface area contributed by atoms with Gasteiger partial charge in [0.1, 0.15) is 0 Å². The molecular formula is C55H33N5S. The highest BCUT2D eigenvalue weighted by atomic mass is 32.1. The molecule has 0 aliphatic heterocycles. The van der Waals surface area contributed by atoms with Gasteiger partial charge < -0.3 is 0 Å². The molecule has 0 spiro atoms. The Morgan fingerprint density at radius 3 is 1.56 bits per heavy atom. The maximum absolute atomic E-state index is 5.30. The normalized spacial score (nSPS) is 11.6. The highest BCUT2D eigenvalue weighted by Crippen LogP contribution is 2.41. The lowest BCUT2D eigenvalue weighted by Gasteiger charge is -2.14. The van der Waals surface area contributed by atoms with E-state index in [1.165, 1.54) is 25.7 Å². The van der Waals surface area contributed by atoms with E-state index < -0.39 is 0 Å². The summed E-state index contributed by atoms with van der Waals surface area (Å²) in [6, 6.07) is 69.7. The van der Waals surface area contributed by atoms with E-state index in [0.717, 1.165) is 77.3 Å². The van der Waals surface area contributed by atoms with Crippen LogP contribution in [0.3, 0.4) is 0 Å². The second kappa shape index (κ2) is 14.4. The first kappa shape index (κ1) is 35.1. The average molecular weight is 796 g/mol. The topological polar surface area (TPSA) is 64.5 Å². The van der Waals surface area contributed by atoms with E-state index in [1.54, 1.807) is 0 Å². The number of hydrogen-bond donors (Lipinski definition) is 0. The van der Waals surface area contributed by atoms with Gasteiger partial charge in [-0.15, -0.1) is 11.3 Å². The Balaban J connectivity index is 0.954. The Morgan fingerprint density at radius 2 is 0.836 bits per heavy atom. The van der Waals surface area contributed by atoms with Gasteiger partial charge in [0, 0.05) is 64.1 Å². The fourth-order valence-electron chi connectivity index (χ4n) is 8.54. The molecule has 0 unspecified atom stereocenters. The van der Waals surface area contributed by atoms with Crippen LogP contribution in [0.2, 0.25) is 0 Å². The van der Waals surface area contributed by atoms with E-state index in [2.05, 4.69) is 146 Å². The molecule has 6 heteroatoms. The van der Waals surface area contributed by atoms with Gasteiger partial charge in [-0.25, -0.2) is 24.9 Å². The average Bonchev–Trinajstić information content (AvgIpc) is 3.73. The monoisotopic (exact) mass is 795 g/mol. The molecule has 12 aromatic rings. The Hall–Kier alpha value is -7.93. The van der Waals surface area contributed by atoms with Gasteiger partial charge in [-0.2, -0.15) is 0 Å². The molecule has 4 heterocycles.